The standard InChI is InChI=1S/C16H25N5O/c1-13(14(2)21-10-6-9-19-21)18-11-15(22)20-16(12-17)7-4-3-5-8-16/h6,9-10,13-14,18H,3-5,7-8,11H2,1-2H3,(H,20,22)/t13-,14-/m1/s1. The second kappa shape index (κ2) is 7.41. The molecule has 0 aromatic carbocycles. The molecule has 1 aromatic rings. The van der Waals surface area contributed by atoms with Gasteiger partial charge in [-0.25, -0.2) is 0 Å². The summed E-state index contributed by atoms with van der Waals surface area (Å²) in [6.07, 6.45) is 8.34. The third-order valence-corrected chi connectivity index (χ3v) is 4.55. The molecule has 0 saturated heterocycles. The zero-order valence-electron chi connectivity index (χ0n) is 13.4. The zero-order chi connectivity index (χ0) is 16.0. The van der Waals surface area contributed by atoms with E-state index in [2.05, 4.69) is 28.7 Å². The summed E-state index contributed by atoms with van der Waals surface area (Å²) in [4.78, 5) is 12.1. The number of hydrogen-bond donors (Lipinski definition) is 2. The Balaban J connectivity index is 1.81. The third-order valence-electron chi connectivity index (χ3n) is 4.55. The smallest absolute Gasteiger partial charge is 0.235 e. The van der Waals surface area contributed by atoms with Crippen LogP contribution >= 0.6 is 0 Å². The van der Waals surface area contributed by atoms with Crippen molar-refractivity contribution in [3.8, 4) is 6.07 Å². The molecule has 0 radical (unpaired) electrons. The summed E-state index contributed by atoms with van der Waals surface area (Å²) < 4.78 is 1.87. The summed E-state index contributed by atoms with van der Waals surface area (Å²) in [5.74, 6) is -0.108. The Morgan fingerprint density at radius 2 is 2.14 bits per heavy atom. The van der Waals surface area contributed by atoms with Gasteiger partial charge in [0.2, 0.25) is 5.91 Å². The minimum absolute atomic E-state index is 0.107. The minimum atomic E-state index is -0.659. The highest BCUT2D eigenvalue weighted by molar-refractivity contribution is 5.79. The fourth-order valence-corrected chi connectivity index (χ4v) is 2.91. The van der Waals surface area contributed by atoms with E-state index in [1.807, 2.05) is 23.9 Å². The number of carbonyl (C=O) groups excluding carboxylic acids is 1. The quantitative estimate of drug-likeness (QED) is 0.839. The van der Waals surface area contributed by atoms with E-state index in [0.717, 1.165) is 32.1 Å². The van der Waals surface area contributed by atoms with Gasteiger partial charge in [0.1, 0.15) is 5.54 Å². The molecule has 22 heavy (non-hydrogen) atoms. The van der Waals surface area contributed by atoms with Gasteiger partial charge in [0.05, 0.1) is 18.7 Å². The van der Waals surface area contributed by atoms with Crippen LogP contribution in [0.25, 0.3) is 0 Å². The maximum Gasteiger partial charge on any atom is 0.235 e. The first-order valence-corrected chi connectivity index (χ1v) is 8.01. The largest absolute Gasteiger partial charge is 0.337 e. The van der Waals surface area contributed by atoms with Crippen LogP contribution in [0.4, 0.5) is 0 Å². The summed E-state index contributed by atoms with van der Waals surface area (Å²) in [6.45, 7) is 4.30. The molecule has 2 rings (SSSR count). The monoisotopic (exact) mass is 303 g/mol. The van der Waals surface area contributed by atoms with Crippen molar-refractivity contribution >= 4 is 5.91 Å². The molecule has 6 nitrogen and oxygen atoms in total. The molecule has 0 aliphatic heterocycles. The first-order valence-electron chi connectivity index (χ1n) is 8.01. The van der Waals surface area contributed by atoms with Crippen LogP contribution in [0.1, 0.15) is 52.0 Å². The van der Waals surface area contributed by atoms with Gasteiger partial charge in [-0.15, -0.1) is 0 Å². The molecule has 1 fully saturated rings. The van der Waals surface area contributed by atoms with Gasteiger partial charge in [-0.05, 0) is 32.8 Å². The van der Waals surface area contributed by atoms with Gasteiger partial charge >= 0.3 is 0 Å². The number of amides is 1. The number of nitrogens with one attached hydrogen (secondary N) is 2. The molecule has 0 unspecified atom stereocenters. The summed E-state index contributed by atoms with van der Waals surface area (Å²) in [6, 6.07) is 4.45. The van der Waals surface area contributed by atoms with Crippen molar-refractivity contribution in [2.45, 2.75) is 63.6 Å². The van der Waals surface area contributed by atoms with E-state index in [9.17, 15) is 10.1 Å². The zero-order valence-corrected chi connectivity index (χ0v) is 13.4. The molecule has 0 bridgehead atoms. The van der Waals surface area contributed by atoms with E-state index in [-0.39, 0.29) is 24.5 Å². The SMILES string of the molecule is C[C@H]([C@@H](C)NCC(=O)NC1(C#N)CCCCC1)n1cccn1. The van der Waals surface area contributed by atoms with E-state index in [1.165, 1.54) is 0 Å². The molecule has 2 N–H and O–H groups in total. The highest BCUT2D eigenvalue weighted by Crippen LogP contribution is 2.27. The molecule has 120 valence electrons. The summed E-state index contributed by atoms with van der Waals surface area (Å²) >= 11 is 0. The van der Waals surface area contributed by atoms with Crippen molar-refractivity contribution in [3.63, 3.8) is 0 Å². The Kier molecular flexibility index (Phi) is 5.56. The van der Waals surface area contributed by atoms with E-state index >= 15 is 0 Å². The second-order valence-electron chi connectivity index (χ2n) is 6.20. The lowest BCUT2D eigenvalue weighted by atomic mass is 9.83. The Morgan fingerprint density at radius 1 is 1.41 bits per heavy atom. The van der Waals surface area contributed by atoms with Crippen molar-refractivity contribution in [2.75, 3.05) is 6.54 Å². The predicted octanol–water partition coefficient (Wildman–Crippen LogP) is 1.76. The summed E-state index contributed by atoms with van der Waals surface area (Å²) in [7, 11) is 0. The number of hydrogen-bond acceptors (Lipinski definition) is 4. The normalized spacial score (nSPS) is 19.9. The fourth-order valence-electron chi connectivity index (χ4n) is 2.91. The number of rotatable bonds is 6. The van der Waals surface area contributed by atoms with Crippen molar-refractivity contribution < 1.29 is 4.79 Å². The molecule has 2 atom stereocenters. The van der Waals surface area contributed by atoms with Gasteiger partial charge in [-0.1, -0.05) is 19.3 Å². The number of carbonyl (C=O) groups is 1. The van der Waals surface area contributed by atoms with Crippen molar-refractivity contribution in [1.82, 2.24) is 20.4 Å². The first-order chi connectivity index (χ1) is 10.6. The van der Waals surface area contributed by atoms with Gasteiger partial charge < -0.3 is 10.6 Å². The van der Waals surface area contributed by atoms with E-state index < -0.39 is 5.54 Å². The molecular weight excluding hydrogens is 278 g/mol. The van der Waals surface area contributed by atoms with E-state index in [1.54, 1.807) is 6.20 Å². The topological polar surface area (TPSA) is 82.7 Å². The van der Waals surface area contributed by atoms with Crippen LogP contribution in [0.3, 0.4) is 0 Å². The number of nitrogens with zero attached hydrogens (tertiary/aromatic N) is 3. The summed E-state index contributed by atoms with van der Waals surface area (Å²) in [5, 5.41) is 19.7. The molecule has 1 heterocycles. The van der Waals surface area contributed by atoms with Gasteiger partial charge in [0.25, 0.3) is 0 Å². The van der Waals surface area contributed by atoms with Crippen LogP contribution in [-0.4, -0.2) is 33.8 Å². The average Bonchev–Trinajstić information content (AvgIpc) is 3.07. The second-order valence-corrected chi connectivity index (χ2v) is 6.20. The molecular formula is C16H25N5O. The number of aromatic nitrogens is 2. The molecule has 1 aliphatic carbocycles. The minimum Gasteiger partial charge on any atom is -0.337 e. The molecule has 1 aromatic heterocycles. The van der Waals surface area contributed by atoms with Crippen LogP contribution in [0.2, 0.25) is 0 Å². The van der Waals surface area contributed by atoms with E-state index in [0.29, 0.717) is 0 Å². The third kappa shape index (κ3) is 4.08. The maximum absolute atomic E-state index is 12.1. The van der Waals surface area contributed by atoms with Gasteiger partial charge in [-0.3, -0.25) is 9.48 Å². The van der Waals surface area contributed by atoms with Gasteiger partial charge in [-0.2, -0.15) is 10.4 Å². The lowest BCUT2D eigenvalue weighted by Gasteiger charge is -2.32. The van der Waals surface area contributed by atoms with E-state index in [4.69, 9.17) is 0 Å². The fraction of sp³-hybridized carbons (Fsp3) is 0.688. The Labute approximate surface area is 131 Å². The Hall–Kier alpha value is -1.87. The molecule has 1 aliphatic rings. The van der Waals surface area contributed by atoms with Crippen LogP contribution in [-0.2, 0) is 4.79 Å². The van der Waals surface area contributed by atoms with Crippen molar-refractivity contribution in [2.24, 2.45) is 0 Å². The summed E-state index contributed by atoms with van der Waals surface area (Å²) in [5.41, 5.74) is -0.659. The van der Waals surface area contributed by atoms with Gasteiger partial charge in [0, 0.05) is 18.4 Å². The lowest BCUT2D eigenvalue weighted by Crippen LogP contribution is -2.52. The average molecular weight is 303 g/mol. The predicted molar refractivity (Wildman–Crippen MR) is 84.0 cm³/mol. The highest BCUT2D eigenvalue weighted by atomic mass is 16.2. The molecule has 6 heteroatoms. The van der Waals surface area contributed by atoms with Crippen LogP contribution < -0.4 is 10.6 Å². The van der Waals surface area contributed by atoms with Crippen LogP contribution in [0.15, 0.2) is 18.5 Å². The highest BCUT2D eigenvalue weighted by Gasteiger charge is 2.33. The molecule has 1 saturated carbocycles. The lowest BCUT2D eigenvalue weighted by molar-refractivity contribution is -0.122. The molecule has 0 spiro atoms. The number of nitriles is 1. The Bertz CT molecular complexity index is 513. The van der Waals surface area contributed by atoms with Crippen molar-refractivity contribution in [1.29, 1.82) is 5.26 Å². The van der Waals surface area contributed by atoms with Crippen LogP contribution in [0, 0.1) is 11.3 Å². The maximum atomic E-state index is 12.1. The van der Waals surface area contributed by atoms with Gasteiger partial charge in [0.15, 0.2) is 0 Å². The van der Waals surface area contributed by atoms with Crippen molar-refractivity contribution in [3.05, 3.63) is 18.5 Å². The Morgan fingerprint density at radius 3 is 2.73 bits per heavy atom. The molecule has 1 amide bonds. The van der Waals surface area contributed by atoms with Crippen LogP contribution in [0.5, 0.6) is 0 Å². The first kappa shape index (κ1) is 16.5.